The van der Waals surface area contributed by atoms with Crippen LogP contribution < -0.4 is 20.0 Å². The van der Waals surface area contributed by atoms with Crippen LogP contribution in [0.1, 0.15) is 104 Å². The van der Waals surface area contributed by atoms with Crippen LogP contribution in [0.2, 0.25) is 0 Å². The van der Waals surface area contributed by atoms with Gasteiger partial charge in [-0.25, -0.2) is 9.65 Å². The lowest BCUT2D eigenvalue weighted by molar-refractivity contribution is -0.128. The van der Waals surface area contributed by atoms with Crippen LogP contribution in [0.4, 0.5) is 5.69 Å². The Labute approximate surface area is 280 Å². The minimum Gasteiger partial charge on any atom is -0.497 e. The van der Waals surface area contributed by atoms with Crippen molar-refractivity contribution in [1.29, 1.82) is 0 Å². The van der Waals surface area contributed by atoms with Crippen LogP contribution in [0.5, 0.6) is 5.75 Å². The molecule has 0 spiro atoms. The standard InChI is InChI=1S/C35H56N3O8P/c1-7-20-45-47(42,46-21-8-2)37-26(5)35(41)38(28-16-18-29(43-6)19-17-28)31(23-25(3)4)34(40)36-30(24-27-13-10-9-11-14-27)33(39)32-15-12-22-44-32/h12,15-19,22,25-27,30-31,33,39H,7-11,13-14,20-21,23-24H2,1-6H3,(H,36,40)(H,37,42)/t26-,30+,31-,33-/m0/s1. The van der Waals surface area contributed by atoms with Gasteiger partial charge in [-0.2, -0.15) is 0 Å². The van der Waals surface area contributed by atoms with E-state index in [9.17, 15) is 19.3 Å². The van der Waals surface area contributed by atoms with Crippen molar-refractivity contribution in [3.63, 3.8) is 0 Å². The normalized spacial score (nSPS) is 16.8. The molecule has 47 heavy (non-hydrogen) atoms. The van der Waals surface area contributed by atoms with Gasteiger partial charge >= 0.3 is 7.75 Å². The van der Waals surface area contributed by atoms with Crippen molar-refractivity contribution in [2.24, 2.45) is 11.8 Å². The summed E-state index contributed by atoms with van der Waals surface area (Å²) in [4.78, 5) is 30.3. The first-order valence-corrected chi connectivity index (χ1v) is 18.7. The van der Waals surface area contributed by atoms with Crippen LogP contribution >= 0.6 is 7.75 Å². The van der Waals surface area contributed by atoms with Crippen LogP contribution in [-0.4, -0.2) is 55.4 Å². The molecule has 1 aliphatic rings. The number of amides is 2. The first-order chi connectivity index (χ1) is 22.5. The van der Waals surface area contributed by atoms with Gasteiger partial charge in [-0.15, -0.1) is 0 Å². The molecule has 1 heterocycles. The predicted molar refractivity (Wildman–Crippen MR) is 183 cm³/mol. The third-order valence-electron chi connectivity index (χ3n) is 8.41. The topological polar surface area (TPSA) is 140 Å². The summed E-state index contributed by atoms with van der Waals surface area (Å²) in [6, 6.07) is 7.70. The zero-order valence-electron chi connectivity index (χ0n) is 29.0. The quantitative estimate of drug-likeness (QED) is 0.125. The van der Waals surface area contributed by atoms with Crippen molar-refractivity contribution in [3.8, 4) is 5.75 Å². The number of methoxy groups -OCH3 is 1. The number of aliphatic hydroxyl groups is 1. The molecule has 0 unspecified atom stereocenters. The highest BCUT2D eigenvalue weighted by Gasteiger charge is 2.39. The number of ether oxygens (including phenoxy) is 1. The molecule has 264 valence electrons. The molecule has 4 atom stereocenters. The van der Waals surface area contributed by atoms with Crippen LogP contribution in [0.25, 0.3) is 0 Å². The van der Waals surface area contributed by atoms with Crippen molar-refractivity contribution < 1.29 is 37.5 Å². The summed E-state index contributed by atoms with van der Waals surface area (Å²) >= 11 is 0. The third-order valence-corrected chi connectivity index (χ3v) is 10.2. The number of benzene rings is 1. The van der Waals surface area contributed by atoms with Gasteiger partial charge in [0.15, 0.2) is 0 Å². The molecule has 12 heteroatoms. The number of anilines is 1. The molecule has 3 N–H and O–H groups in total. The fourth-order valence-corrected chi connectivity index (χ4v) is 7.66. The number of carbonyl (C=O) groups excluding carboxylic acids is 2. The third kappa shape index (κ3) is 11.8. The first kappa shape index (κ1) is 38.8. The lowest BCUT2D eigenvalue weighted by Gasteiger charge is -2.36. The summed E-state index contributed by atoms with van der Waals surface area (Å²) in [5, 5.41) is 17.4. The molecule has 3 rings (SSSR count). The molecule has 11 nitrogen and oxygen atoms in total. The summed E-state index contributed by atoms with van der Waals surface area (Å²) in [5.41, 5.74) is 0.472. The molecule has 2 amide bonds. The number of hydrogen-bond acceptors (Lipinski definition) is 8. The van der Waals surface area contributed by atoms with E-state index >= 15 is 0 Å². The smallest absolute Gasteiger partial charge is 0.406 e. The van der Waals surface area contributed by atoms with E-state index in [0.717, 1.165) is 25.7 Å². The van der Waals surface area contributed by atoms with Crippen LogP contribution in [0.3, 0.4) is 0 Å². The van der Waals surface area contributed by atoms with Crippen LogP contribution in [0.15, 0.2) is 47.1 Å². The SMILES string of the molecule is CCCOP(=O)(N[C@@H](C)C(=O)N(c1ccc(OC)cc1)[C@@H](CC(C)C)C(=O)N[C@H](CC1CCCCC1)[C@H](O)c1ccco1)OCCC. The Morgan fingerprint density at radius 1 is 1.02 bits per heavy atom. The molecular weight excluding hydrogens is 621 g/mol. The monoisotopic (exact) mass is 677 g/mol. The summed E-state index contributed by atoms with van der Waals surface area (Å²) < 4.78 is 35.7. The molecule has 0 saturated heterocycles. The molecular formula is C35H56N3O8P. The van der Waals surface area contributed by atoms with E-state index in [0.29, 0.717) is 48.8 Å². The van der Waals surface area contributed by atoms with E-state index in [1.807, 2.05) is 27.7 Å². The fraction of sp³-hybridized carbons (Fsp3) is 0.657. The number of nitrogens with one attached hydrogen (secondary N) is 2. The van der Waals surface area contributed by atoms with Crippen LogP contribution in [-0.2, 0) is 23.2 Å². The van der Waals surface area contributed by atoms with E-state index in [-0.39, 0.29) is 19.1 Å². The average Bonchev–Trinajstić information content (AvgIpc) is 3.61. The van der Waals surface area contributed by atoms with E-state index < -0.39 is 43.8 Å². The second-order valence-electron chi connectivity index (χ2n) is 12.9. The molecule has 0 bridgehead atoms. The van der Waals surface area contributed by atoms with Gasteiger partial charge in [-0.05, 0) is 80.8 Å². The van der Waals surface area contributed by atoms with Gasteiger partial charge in [0.05, 0.1) is 38.7 Å². The number of aliphatic hydroxyl groups excluding tert-OH is 1. The Bertz CT molecular complexity index is 1240. The predicted octanol–water partition coefficient (Wildman–Crippen LogP) is 7.16. The maximum absolute atomic E-state index is 14.4. The minimum absolute atomic E-state index is 0.0289. The second-order valence-corrected chi connectivity index (χ2v) is 14.7. The Kier molecular flexibility index (Phi) is 15.9. The summed E-state index contributed by atoms with van der Waals surface area (Å²) in [7, 11) is -2.28. The molecule has 1 fully saturated rings. The maximum Gasteiger partial charge on any atom is 0.406 e. The fourth-order valence-electron chi connectivity index (χ4n) is 6.00. The summed E-state index contributed by atoms with van der Waals surface area (Å²) in [6.07, 6.45) is 8.10. The highest BCUT2D eigenvalue weighted by molar-refractivity contribution is 7.51. The Morgan fingerprint density at radius 2 is 1.66 bits per heavy atom. The highest BCUT2D eigenvalue weighted by atomic mass is 31.2. The van der Waals surface area contributed by atoms with E-state index in [1.165, 1.54) is 17.6 Å². The summed E-state index contributed by atoms with van der Waals surface area (Å²) in [5.74, 6) is 0.479. The average molecular weight is 678 g/mol. The van der Waals surface area contributed by atoms with Crippen molar-refractivity contribution in [1.82, 2.24) is 10.4 Å². The zero-order valence-corrected chi connectivity index (χ0v) is 29.9. The van der Waals surface area contributed by atoms with Crippen molar-refractivity contribution in [2.45, 2.75) is 117 Å². The van der Waals surface area contributed by atoms with Crippen molar-refractivity contribution in [2.75, 3.05) is 25.2 Å². The van der Waals surface area contributed by atoms with Gasteiger partial charge in [0.2, 0.25) is 11.8 Å². The van der Waals surface area contributed by atoms with E-state index in [2.05, 4.69) is 10.4 Å². The molecule has 1 aromatic heterocycles. The van der Waals surface area contributed by atoms with E-state index in [1.54, 1.807) is 50.4 Å². The van der Waals surface area contributed by atoms with Gasteiger partial charge in [0.1, 0.15) is 23.7 Å². The van der Waals surface area contributed by atoms with Gasteiger partial charge in [-0.3, -0.25) is 23.5 Å². The number of nitrogens with zero attached hydrogens (tertiary/aromatic N) is 1. The Morgan fingerprint density at radius 3 is 2.19 bits per heavy atom. The van der Waals surface area contributed by atoms with Crippen molar-refractivity contribution >= 4 is 25.2 Å². The largest absolute Gasteiger partial charge is 0.497 e. The van der Waals surface area contributed by atoms with Crippen LogP contribution in [0, 0.1) is 11.8 Å². The first-order valence-electron chi connectivity index (χ1n) is 17.2. The Balaban J connectivity index is 1.99. The molecule has 0 radical (unpaired) electrons. The minimum atomic E-state index is -3.83. The maximum atomic E-state index is 14.4. The molecule has 0 aliphatic heterocycles. The van der Waals surface area contributed by atoms with Gasteiger partial charge in [-0.1, -0.05) is 59.8 Å². The van der Waals surface area contributed by atoms with Gasteiger partial charge in [0.25, 0.3) is 0 Å². The molecule has 2 aromatic rings. The lowest BCUT2D eigenvalue weighted by atomic mass is 9.83. The number of hydrogen-bond donors (Lipinski definition) is 3. The highest BCUT2D eigenvalue weighted by Crippen LogP contribution is 2.45. The second kappa shape index (κ2) is 19.3. The number of furan rings is 1. The van der Waals surface area contributed by atoms with Gasteiger partial charge < -0.3 is 19.6 Å². The van der Waals surface area contributed by atoms with E-state index in [4.69, 9.17) is 18.2 Å². The number of carbonyl (C=O) groups is 2. The molecule has 1 aromatic carbocycles. The molecule has 1 aliphatic carbocycles. The summed E-state index contributed by atoms with van der Waals surface area (Å²) in [6.45, 7) is 9.73. The Hall–Kier alpha value is -2.69. The number of rotatable bonds is 20. The zero-order chi connectivity index (χ0) is 34.4. The van der Waals surface area contributed by atoms with Gasteiger partial charge in [0, 0.05) is 5.69 Å². The molecule has 1 saturated carbocycles. The van der Waals surface area contributed by atoms with Crippen molar-refractivity contribution in [3.05, 3.63) is 48.4 Å². The lowest BCUT2D eigenvalue weighted by Crippen LogP contribution is -2.57.